The Morgan fingerprint density at radius 1 is 1.24 bits per heavy atom. The molecule has 0 atom stereocenters. The van der Waals surface area contributed by atoms with Gasteiger partial charge in [-0.3, -0.25) is 4.79 Å². The van der Waals surface area contributed by atoms with Crippen molar-refractivity contribution in [2.75, 3.05) is 19.8 Å². The van der Waals surface area contributed by atoms with E-state index in [1.54, 1.807) is 6.07 Å². The molecule has 0 unspecified atom stereocenters. The molecule has 11 heteroatoms. The summed E-state index contributed by atoms with van der Waals surface area (Å²) in [5.74, 6) is -0.970. The van der Waals surface area contributed by atoms with Gasteiger partial charge in [0.25, 0.3) is 0 Å². The highest BCUT2D eigenvalue weighted by Crippen LogP contribution is 2.40. The van der Waals surface area contributed by atoms with Gasteiger partial charge in [0.15, 0.2) is 0 Å². The molecule has 1 aliphatic rings. The van der Waals surface area contributed by atoms with E-state index in [1.807, 2.05) is 0 Å². The maximum absolute atomic E-state index is 13.8. The molecule has 3 aromatic rings. The van der Waals surface area contributed by atoms with Crippen molar-refractivity contribution in [2.45, 2.75) is 32.0 Å². The van der Waals surface area contributed by atoms with Crippen LogP contribution in [-0.4, -0.2) is 45.4 Å². The number of aromatic nitrogens is 3. The van der Waals surface area contributed by atoms with Gasteiger partial charge < -0.3 is 19.1 Å². The Morgan fingerprint density at radius 3 is 2.70 bits per heavy atom. The molecule has 7 nitrogen and oxygen atoms in total. The number of rotatable bonds is 7. The van der Waals surface area contributed by atoms with Crippen LogP contribution >= 0.6 is 11.6 Å². The van der Waals surface area contributed by atoms with Crippen molar-refractivity contribution in [3.63, 3.8) is 0 Å². The van der Waals surface area contributed by atoms with Crippen LogP contribution in [0.2, 0.25) is 5.28 Å². The Morgan fingerprint density at radius 2 is 2.00 bits per heavy atom. The van der Waals surface area contributed by atoms with Gasteiger partial charge in [-0.2, -0.15) is 18.2 Å². The third-order valence-corrected chi connectivity index (χ3v) is 5.75. The van der Waals surface area contributed by atoms with Crippen molar-refractivity contribution in [1.29, 1.82) is 0 Å². The summed E-state index contributed by atoms with van der Waals surface area (Å²) in [4.78, 5) is 19.2. The second kappa shape index (κ2) is 9.56. The van der Waals surface area contributed by atoms with E-state index in [0.29, 0.717) is 30.9 Å². The summed E-state index contributed by atoms with van der Waals surface area (Å²) in [5.41, 5.74) is -0.354. The fourth-order valence-corrected chi connectivity index (χ4v) is 4.09. The van der Waals surface area contributed by atoms with Crippen LogP contribution < -0.4 is 4.74 Å². The van der Waals surface area contributed by atoms with Gasteiger partial charge in [0.2, 0.25) is 5.28 Å². The van der Waals surface area contributed by atoms with E-state index >= 15 is 0 Å². The second-order valence-corrected chi connectivity index (χ2v) is 8.16. The van der Waals surface area contributed by atoms with Crippen LogP contribution in [0.1, 0.15) is 24.8 Å². The van der Waals surface area contributed by atoms with Gasteiger partial charge in [0.1, 0.15) is 17.9 Å². The molecule has 1 aromatic carbocycles. The Balaban J connectivity index is 1.65. The van der Waals surface area contributed by atoms with Crippen LogP contribution in [0.5, 0.6) is 5.75 Å². The number of benzene rings is 1. The van der Waals surface area contributed by atoms with Gasteiger partial charge in [-0.25, -0.2) is 4.98 Å². The third-order valence-electron chi connectivity index (χ3n) is 5.58. The zero-order valence-corrected chi connectivity index (χ0v) is 18.2. The molecule has 3 heterocycles. The van der Waals surface area contributed by atoms with Crippen LogP contribution in [0.3, 0.4) is 0 Å². The first-order valence-corrected chi connectivity index (χ1v) is 10.8. The SMILES string of the molecule is O=C(O)Cn1ccc2c(-c3ccc(OCCC4CCOCC4)c(C(F)(F)F)c3)nc(Cl)nc21. The lowest BCUT2D eigenvalue weighted by atomic mass is 9.97. The Kier molecular flexibility index (Phi) is 6.76. The summed E-state index contributed by atoms with van der Waals surface area (Å²) < 4.78 is 53.7. The van der Waals surface area contributed by atoms with Crippen molar-refractivity contribution in [2.24, 2.45) is 5.92 Å². The van der Waals surface area contributed by atoms with Gasteiger partial charge >= 0.3 is 12.1 Å². The summed E-state index contributed by atoms with van der Waals surface area (Å²) in [6, 6.07) is 5.27. The minimum absolute atomic E-state index is 0.168. The number of carboxylic acids is 1. The molecule has 0 saturated carbocycles. The van der Waals surface area contributed by atoms with E-state index in [0.717, 1.165) is 18.9 Å². The fraction of sp³-hybridized carbons (Fsp3) is 0.409. The quantitative estimate of drug-likeness (QED) is 0.473. The van der Waals surface area contributed by atoms with E-state index in [9.17, 15) is 18.0 Å². The molecule has 0 spiro atoms. The van der Waals surface area contributed by atoms with Gasteiger partial charge in [-0.15, -0.1) is 0 Å². The molecule has 0 aliphatic carbocycles. The predicted octanol–water partition coefficient (Wildman–Crippen LogP) is 5.05. The van der Waals surface area contributed by atoms with Gasteiger partial charge in [0.05, 0.1) is 17.9 Å². The van der Waals surface area contributed by atoms with E-state index in [2.05, 4.69) is 9.97 Å². The Labute approximate surface area is 192 Å². The number of hydrogen-bond acceptors (Lipinski definition) is 5. The number of aliphatic carboxylic acids is 1. The molecule has 4 rings (SSSR count). The highest BCUT2D eigenvalue weighted by molar-refractivity contribution is 6.28. The van der Waals surface area contributed by atoms with Gasteiger partial charge in [-0.05, 0) is 61.0 Å². The van der Waals surface area contributed by atoms with Crippen LogP contribution in [0.25, 0.3) is 22.3 Å². The van der Waals surface area contributed by atoms with Gasteiger partial charge in [0, 0.05) is 30.4 Å². The predicted molar refractivity (Wildman–Crippen MR) is 114 cm³/mol. The Hall–Kier alpha value is -2.85. The summed E-state index contributed by atoms with van der Waals surface area (Å²) in [7, 11) is 0. The number of ether oxygens (including phenoxy) is 2. The van der Waals surface area contributed by atoms with Crippen LogP contribution in [0.15, 0.2) is 30.5 Å². The lowest BCUT2D eigenvalue weighted by Crippen LogP contribution is -2.18. The smallest absolute Gasteiger partial charge is 0.419 e. The first-order chi connectivity index (χ1) is 15.7. The molecule has 1 saturated heterocycles. The van der Waals surface area contributed by atoms with Crippen LogP contribution in [0, 0.1) is 5.92 Å². The molecule has 0 radical (unpaired) electrons. The van der Waals surface area contributed by atoms with E-state index in [4.69, 9.17) is 26.2 Å². The molecule has 0 amide bonds. The molecule has 33 heavy (non-hydrogen) atoms. The highest BCUT2D eigenvalue weighted by atomic mass is 35.5. The summed E-state index contributed by atoms with van der Waals surface area (Å²) in [5, 5.41) is 9.26. The van der Waals surface area contributed by atoms with Gasteiger partial charge in [-0.1, -0.05) is 0 Å². The van der Waals surface area contributed by atoms with Crippen molar-refractivity contribution < 1.29 is 32.5 Å². The lowest BCUT2D eigenvalue weighted by Gasteiger charge is -2.22. The zero-order chi connectivity index (χ0) is 23.6. The summed E-state index contributed by atoms with van der Waals surface area (Å²) in [6.07, 6.45) is -0.760. The van der Waals surface area contributed by atoms with Crippen molar-refractivity contribution in [3.05, 3.63) is 41.3 Å². The standard InChI is InChI=1S/C22H21ClF3N3O4/c23-21-27-19(15-3-7-29(12-18(30)31)20(15)28-21)14-1-2-17(16(11-14)22(24,25)26)33-10-6-13-4-8-32-9-5-13/h1-3,7,11,13H,4-6,8-10,12H2,(H,30,31). The van der Waals surface area contributed by atoms with Crippen LogP contribution in [0.4, 0.5) is 13.2 Å². The molecule has 1 N–H and O–H groups in total. The molecule has 2 aromatic heterocycles. The zero-order valence-electron chi connectivity index (χ0n) is 17.4. The maximum atomic E-state index is 13.8. The monoisotopic (exact) mass is 483 g/mol. The van der Waals surface area contributed by atoms with E-state index in [-0.39, 0.29) is 41.1 Å². The highest BCUT2D eigenvalue weighted by Gasteiger charge is 2.35. The van der Waals surface area contributed by atoms with E-state index in [1.165, 1.54) is 22.9 Å². The van der Waals surface area contributed by atoms with Crippen LogP contribution in [-0.2, 0) is 22.3 Å². The number of halogens is 4. The largest absolute Gasteiger partial charge is 0.493 e. The number of carboxylic acid groups (broad SMARTS) is 1. The number of alkyl halides is 3. The molecule has 1 aliphatic heterocycles. The molecular formula is C22H21ClF3N3O4. The second-order valence-electron chi connectivity index (χ2n) is 7.82. The summed E-state index contributed by atoms with van der Waals surface area (Å²) >= 11 is 6.00. The first kappa shape index (κ1) is 23.3. The molecule has 176 valence electrons. The fourth-order valence-electron chi connectivity index (χ4n) is 3.93. The van der Waals surface area contributed by atoms with E-state index < -0.39 is 17.7 Å². The summed E-state index contributed by atoms with van der Waals surface area (Å²) in [6.45, 7) is 1.13. The Bertz CT molecular complexity index is 1160. The molecule has 0 bridgehead atoms. The van der Waals surface area contributed by atoms with Crippen molar-refractivity contribution >= 4 is 28.6 Å². The minimum Gasteiger partial charge on any atom is -0.493 e. The maximum Gasteiger partial charge on any atom is 0.419 e. The average Bonchev–Trinajstić information content (AvgIpc) is 3.15. The lowest BCUT2D eigenvalue weighted by molar-refractivity contribution is -0.139. The number of fused-ring (bicyclic) bond motifs is 1. The number of nitrogens with zero attached hydrogens (tertiary/aromatic N) is 3. The number of hydrogen-bond donors (Lipinski definition) is 1. The topological polar surface area (TPSA) is 86.5 Å². The third kappa shape index (κ3) is 5.39. The average molecular weight is 484 g/mol. The minimum atomic E-state index is -4.64. The van der Waals surface area contributed by atoms with Crippen molar-refractivity contribution in [3.8, 4) is 17.0 Å². The molecular weight excluding hydrogens is 463 g/mol. The molecule has 1 fully saturated rings. The normalized spacial score (nSPS) is 15.2. The van der Waals surface area contributed by atoms with Crippen molar-refractivity contribution in [1.82, 2.24) is 14.5 Å². The number of carbonyl (C=O) groups is 1. The first-order valence-electron chi connectivity index (χ1n) is 10.4.